The molecular weight excluding hydrogens is 424 g/mol. The summed E-state index contributed by atoms with van der Waals surface area (Å²) in [4.78, 5) is 19.2. The van der Waals surface area contributed by atoms with Gasteiger partial charge >= 0.3 is 0 Å². The first-order valence-electron chi connectivity index (χ1n) is 10.7. The molecule has 7 nitrogen and oxygen atoms in total. The third-order valence-corrected chi connectivity index (χ3v) is 7.94. The number of piperidine rings is 1. The van der Waals surface area contributed by atoms with Crippen LogP contribution in [0, 0.1) is 12.8 Å². The SMILES string of the molecule is Cc1nc(S(=O)(=O)N2CCC(C(=O)N(C)c3ccccc3-c3ccccc3)CC2)cn1C. The zero-order valence-corrected chi connectivity index (χ0v) is 19.4. The number of anilines is 1. The molecule has 1 saturated heterocycles. The van der Waals surface area contributed by atoms with Crippen LogP contribution in [-0.4, -0.2) is 48.3 Å². The van der Waals surface area contributed by atoms with E-state index in [1.54, 1.807) is 30.5 Å². The summed E-state index contributed by atoms with van der Waals surface area (Å²) >= 11 is 0. The Kier molecular flexibility index (Phi) is 6.17. The van der Waals surface area contributed by atoms with Crippen LogP contribution < -0.4 is 4.90 Å². The highest BCUT2D eigenvalue weighted by molar-refractivity contribution is 7.89. The zero-order chi connectivity index (χ0) is 22.9. The van der Waals surface area contributed by atoms with Gasteiger partial charge in [0.15, 0.2) is 5.03 Å². The van der Waals surface area contributed by atoms with Gasteiger partial charge in [-0.05, 0) is 31.4 Å². The number of hydrogen-bond donors (Lipinski definition) is 0. The maximum Gasteiger partial charge on any atom is 0.262 e. The van der Waals surface area contributed by atoms with Crippen LogP contribution in [0.15, 0.2) is 65.8 Å². The molecule has 0 unspecified atom stereocenters. The maximum atomic E-state index is 13.3. The van der Waals surface area contributed by atoms with Gasteiger partial charge in [0.25, 0.3) is 10.0 Å². The van der Waals surface area contributed by atoms with Crippen molar-refractivity contribution in [1.29, 1.82) is 0 Å². The first-order chi connectivity index (χ1) is 15.3. The fourth-order valence-corrected chi connectivity index (χ4v) is 5.64. The molecule has 0 radical (unpaired) electrons. The fraction of sp³-hybridized carbons (Fsp3) is 0.333. The molecule has 2 heterocycles. The number of amides is 1. The van der Waals surface area contributed by atoms with E-state index in [9.17, 15) is 13.2 Å². The molecule has 1 aromatic heterocycles. The van der Waals surface area contributed by atoms with Crippen molar-refractivity contribution in [1.82, 2.24) is 13.9 Å². The number of carbonyl (C=O) groups excluding carboxylic acids is 1. The standard InChI is InChI=1S/C24H28N4O3S/c1-18-25-23(17-26(18)2)32(30,31)28-15-13-20(14-16-28)24(29)27(3)22-12-8-7-11-21(22)19-9-5-4-6-10-19/h4-12,17,20H,13-16H2,1-3H3. The lowest BCUT2D eigenvalue weighted by atomic mass is 9.95. The van der Waals surface area contributed by atoms with Crippen molar-refractivity contribution >= 4 is 21.6 Å². The van der Waals surface area contributed by atoms with Crippen molar-refractivity contribution < 1.29 is 13.2 Å². The molecule has 1 amide bonds. The average molecular weight is 453 g/mol. The second-order valence-corrected chi connectivity index (χ2v) is 10.1. The van der Waals surface area contributed by atoms with Crippen molar-refractivity contribution in [2.75, 3.05) is 25.0 Å². The number of imidazole rings is 1. The van der Waals surface area contributed by atoms with E-state index in [-0.39, 0.29) is 16.9 Å². The van der Waals surface area contributed by atoms with E-state index in [0.717, 1.165) is 16.8 Å². The van der Waals surface area contributed by atoms with E-state index in [2.05, 4.69) is 4.98 Å². The summed E-state index contributed by atoms with van der Waals surface area (Å²) in [7, 11) is -0.0828. The molecule has 0 atom stereocenters. The number of aromatic nitrogens is 2. The van der Waals surface area contributed by atoms with Gasteiger partial charge in [-0.2, -0.15) is 4.31 Å². The van der Waals surface area contributed by atoms with E-state index in [4.69, 9.17) is 0 Å². The number of benzene rings is 2. The quantitative estimate of drug-likeness (QED) is 0.594. The summed E-state index contributed by atoms with van der Waals surface area (Å²) in [5.41, 5.74) is 2.89. The molecule has 8 heteroatoms. The Morgan fingerprint density at radius 3 is 2.28 bits per heavy atom. The topological polar surface area (TPSA) is 75.5 Å². The predicted octanol–water partition coefficient (Wildman–Crippen LogP) is 3.46. The van der Waals surface area contributed by atoms with Crippen LogP contribution in [0.5, 0.6) is 0 Å². The van der Waals surface area contributed by atoms with Crippen molar-refractivity contribution in [3.8, 4) is 11.1 Å². The van der Waals surface area contributed by atoms with Crippen LogP contribution in [-0.2, 0) is 21.9 Å². The van der Waals surface area contributed by atoms with Crippen molar-refractivity contribution in [3.05, 3.63) is 66.6 Å². The van der Waals surface area contributed by atoms with Crippen LogP contribution >= 0.6 is 0 Å². The van der Waals surface area contributed by atoms with Gasteiger partial charge in [-0.25, -0.2) is 13.4 Å². The summed E-state index contributed by atoms with van der Waals surface area (Å²) < 4.78 is 29.0. The second kappa shape index (κ2) is 8.88. The Hall–Kier alpha value is -2.97. The summed E-state index contributed by atoms with van der Waals surface area (Å²) in [5, 5.41) is 0.0659. The van der Waals surface area contributed by atoms with E-state index in [1.807, 2.05) is 54.6 Å². The van der Waals surface area contributed by atoms with E-state index in [0.29, 0.717) is 31.8 Å². The Labute approximate surface area is 189 Å². The number of rotatable bonds is 5. The van der Waals surface area contributed by atoms with Crippen molar-refractivity contribution in [2.24, 2.45) is 13.0 Å². The number of sulfonamides is 1. The van der Waals surface area contributed by atoms with Crippen LogP contribution in [0.3, 0.4) is 0 Å². The highest BCUT2D eigenvalue weighted by Gasteiger charge is 2.35. The second-order valence-electron chi connectivity index (χ2n) is 8.20. The van der Waals surface area contributed by atoms with E-state index < -0.39 is 10.0 Å². The van der Waals surface area contributed by atoms with Crippen molar-refractivity contribution in [2.45, 2.75) is 24.8 Å². The average Bonchev–Trinajstić information content (AvgIpc) is 3.17. The largest absolute Gasteiger partial charge is 0.337 e. The van der Waals surface area contributed by atoms with Gasteiger partial charge in [-0.15, -0.1) is 0 Å². The summed E-state index contributed by atoms with van der Waals surface area (Å²) in [6.07, 6.45) is 2.51. The van der Waals surface area contributed by atoms with E-state index in [1.165, 1.54) is 10.5 Å². The molecule has 168 valence electrons. The Morgan fingerprint density at radius 2 is 1.66 bits per heavy atom. The predicted molar refractivity (Wildman–Crippen MR) is 125 cm³/mol. The number of nitrogens with zero attached hydrogens (tertiary/aromatic N) is 4. The van der Waals surface area contributed by atoms with E-state index >= 15 is 0 Å². The van der Waals surface area contributed by atoms with Crippen LogP contribution in [0.25, 0.3) is 11.1 Å². The molecule has 3 aromatic rings. The summed E-state index contributed by atoms with van der Waals surface area (Å²) in [6, 6.07) is 17.8. The molecule has 32 heavy (non-hydrogen) atoms. The molecule has 1 aliphatic rings. The number of carbonyl (C=O) groups is 1. The van der Waals surface area contributed by atoms with Gasteiger partial charge < -0.3 is 9.47 Å². The lowest BCUT2D eigenvalue weighted by molar-refractivity contribution is -0.123. The number of aryl methyl sites for hydroxylation is 2. The lowest BCUT2D eigenvalue weighted by Crippen LogP contribution is -2.43. The highest BCUT2D eigenvalue weighted by Crippen LogP contribution is 2.32. The first-order valence-corrected chi connectivity index (χ1v) is 12.1. The van der Waals surface area contributed by atoms with Gasteiger partial charge in [0, 0.05) is 44.9 Å². The Balaban J connectivity index is 1.47. The molecule has 0 bridgehead atoms. The van der Waals surface area contributed by atoms with Gasteiger partial charge in [-0.1, -0.05) is 48.5 Å². The normalized spacial score (nSPS) is 15.6. The fourth-order valence-electron chi connectivity index (χ4n) is 4.15. The summed E-state index contributed by atoms with van der Waals surface area (Å²) in [5.74, 6) is 0.437. The van der Waals surface area contributed by atoms with Crippen LogP contribution in [0.2, 0.25) is 0 Å². The molecule has 1 aliphatic heterocycles. The molecule has 2 aromatic carbocycles. The van der Waals surface area contributed by atoms with Gasteiger partial charge in [0.05, 0.1) is 5.69 Å². The van der Waals surface area contributed by atoms with Gasteiger partial charge in [0.1, 0.15) is 5.82 Å². The minimum atomic E-state index is -3.65. The first kappa shape index (κ1) is 22.2. The molecule has 1 fully saturated rings. The van der Waals surface area contributed by atoms with Gasteiger partial charge in [-0.3, -0.25) is 4.79 Å². The van der Waals surface area contributed by atoms with Gasteiger partial charge in [0.2, 0.25) is 5.91 Å². The molecule has 0 saturated carbocycles. The third kappa shape index (κ3) is 4.20. The minimum absolute atomic E-state index is 0.0131. The van der Waals surface area contributed by atoms with Crippen LogP contribution in [0.1, 0.15) is 18.7 Å². The summed E-state index contributed by atoms with van der Waals surface area (Å²) in [6.45, 7) is 2.39. The third-order valence-electron chi connectivity index (χ3n) is 6.17. The maximum absolute atomic E-state index is 13.3. The highest BCUT2D eigenvalue weighted by atomic mass is 32.2. The number of hydrogen-bond acceptors (Lipinski definition) is 4. The molecule has 4 rings (SSSR count). The zero-order valence-electron chi connectivity index (χ0n) is 18.6. The number of para-hydroxylation sites is 1. The minimum Gasteiger partial charge on any atom is -0.337 e. The molecule has 0 N–H and O–H groups in total. The Bertz CT molecular complexity index is 1190. The monoisotopic (exact) mass is 452 g/mol. The lowest BCUT2D eigenvalue weighted by Gasteiger charge is -2.32. The molecular formula is C24H28N4O3S. The smallest absolute Gasteiger partial charge is 0.262 e. The van der Waals surface area contributed by atoms with Crippen LogP contribution in [0.4, 0.5) is 5.69 Å². The molecule has 0 aliphatic carbocycles. The Morgan fingerprint density at radius 1 is 1.03 bits per heavy atom. The molecule has 0 spiro atoms. The van der Waals surface area contributed by atoms with Crippen molar-refractivity contribution in [3.63, 3.8) is 0 Å².